The summed E-state index contributed by atoms with van der Waals surface area (Å²) in [7, 11) is 0. The average molecular weight is 292 g/mol. The molecule has 1 aliphatic heterocycles. The molecule has 0 saturated carbocycles. The fourth-order valence-corrected chi connectivity index (χ4v) is 2.47. The maximum atomic E-state index is 12.1. The average Bonchev–Trinajstić information content (AvgIpc) is 2.54. The third-order valence-corrected chi connectivity index (χ3v) is 3.78. The van der Waals surface area contributed by atoms with Crippen molar-refractivity contribution >= 4 is 5.91 Å². The summed E-state index contributed by atoms with van der Waals surface area (Å²) in [5, 5.41) is 2.90. The van der Waals surface area contributed by atoms with Gasteiger partial charge in [0.2, 0.25) is 5.91 Å². The van der Waals surface area contributed by atoms with Crippen LogP contribution in [0.25, 0.3) is 0 Å². The van der Waals surface area contributed by atoms with Gasteiger partial charge in [0.05, 0.1) is 12.6 Å². The van der Waals surface area contributed by atoms with Gasteiger partial charge in [-0.05, 0) is 43.4 Å². The van der Waals surface area contributed by atoms with Crippen LogP contribution in [-0.4, -0.2) is 31.8 Å². The number of hydrogen-bond acceptors (Lipinski definition) is 4. The highest BCUT2D eigenvalue weighted by atomic mass is 16.5. The van der Waals surface area contributed by atoms with Gasteiger partial charge in [-0.25, -0.2) is 0 Å². The van der Waals surface area contributed by atoms with Crippen molar-refractivity contribution in [1.29, 1.82) is 0 Å². The maximum absolute atomic E-state index is 12.1. The Morgan fingerprint density at radius 1 is 1.38 bits per heavy atom. The van der Waals surface area contributed by atoms with Crippen LogP contribution in [0.4, 0.5) is 0 Å². The number of amides is 1. The third kappa shape index (κ3) is 4.72. The number of carbonyl (C=O) groups excluding carboxylic acids is 1. The standard InChI is InChI=1S/C16H24N2O3/c1-2-21-14-5-3-12(4-6-14)11-18-16(19)15(17)13-7-9-20-10-8-13/h3-6,13,15H,2,7-11,17H2,1H3,(H,18,19). The second kappa shape index (κ2) is 8.00. The predicted molar refractivity (Wildman–Crippen MR) is 81.0 cm³/mol. The highest BCUT2D eigenvalue weighted by Gasteiger charge is 2.26. The summed E-state index contributed by atoms with van der Waals surface area (Å²) < 4.78 is 10.7. The zero-order valence-electron chi connectivity index (χ0n) is 12.5. The minimum Gasteiger partial charge on any atom is -0.494 e. The van der Waals surface area contributed by atoms with Crippen molar-refractivity contribution in [2.24, 2.45) is 11.7 Å². The Morgan fingerprint density at radius 3 is 2.67 bits per heavy atom. The van der Waals surface area contributed by atoms with Crippen molar-refractivity contribution < 1.29 is 14.3 Å². The number of nitrogens with one attached hydrogen (secondary N) is 1. The van der Waals surface area contributed by atoms with E-state index < -0.39 is 6.04 Å². The van der Waals surface area contributed by atoms with Crippen LogP contribution in [0.15, 0.2) is 24.3 Å². The second-order valence-corrected chi connectivity index (χ2v) is 5.27. The monoisotopic (exact) mass is 292 g/mol. The lowest BCUT2D eigenvalue weighted by molar-refractivity contribution is -0.124. The van der Waals surface area contributed by atoms with Crippen molar-refractivity contribution in [3.8, 4) is 5.75 Å². The molecule has 1 heterocycles. The number of hydrogen-bond donors (Lipinski definition) is 2. The first-order valence-corrected chi connectivity index (χ1v) is 7.53. The van der Waals surface area contributed by atoms with Crippen LogP contribution in [0.5, 0.6) is 5.75 Å². The summed E-state index contributed by atoms with van der Waals surface area (Å²) in [5.74, 6) is 0.973. The van der Waals surface area contributed by atoms with E-state index in [-0.39, 0.29) is 11.8 Å². The van der Waals surface area contributed by atoms with E-state index in [0.29, 0.717) is 26.4 Å². The first kappa shape index (κ1) is 15.8. The van der Waals surface area contributed by atoms with Gasteiger partial charge < -0.3 is 20.5 Å². The SMILES string of the molecule is CCOc1ccc(CNC(=O)C(N)C2CCOCC2)cc1. The van der Waals surface area contributed by atoms with Crippen LogP contribution in [0.3, 0.4) is 0 Å². The lowest BCUT2D eigenvalue weighted by Crippen LogP contribution is -2.46. The molecule has 1 amide bonds. The van der Waals surface area contributed by atoms with E-state index in [0.717, 1.165) is 24.2 Å². The summed E-state index contributed by atoms with van der Waals surface area (Å²) in [4.78, 5) is 12.1. The number of nitrogens with two attached hydrogens (primary N) is 1. The molecule has 0 aromatic heterocycles. The number of rotatable bonds is 6. The summed E-state index contributed by atoms with van der Waals surface area (Å²) in [6.07, 6.45) is 1.72. The van der Waals surface area contributed by atoms with E-state index in [1.165, 1.54) is 0 Å². The van der Waals surface area contributed by atoms with Gasteiger partial charge in [-0.15, -0.1) is 0 Å². The van der Waals surface area contributed by atoms with E-state index in [9.17, 15) is 4.79 Å². The van der Waals surface area contributed by atoms with Crippen LogP contribution >= 0.6 is 0 Å². The van der Waals surface area contributed by atoms with Crippen LogP contribution in [0, 0.1) is 5.92 Å². The zero-order chi connectivity index (χ0) is 15.1. The van der Waals surface area contributed by atoms with Gasteiger partial charge in [-0.3, -0.25) is 4.79 Å². The molecule has 1 aromatic carbocycles. The van der Waals surface area contributed by atoms with Gasteiger partial charge >= 0.3 is 0 Å². The first-order chi connectivity index (χ1) is 10.2. The third-order valence-electron chi connectivity index (χ3n) is 3.78. The Morgan fingerprint density at radius 2 is 2.05 bits per heavy atom. The van der Waals surface area contributed by atoms with Gasteiger partial charge in [-0.1, -0.05) is 12.1 Å². The lowest BCUT2D eigenvalue weighted by Gasteiger charge is -2.26. The molecule has 1 atom stereocenters. The Hall–Kier alpha value is -1.59. The summed E-state index contributed by atoms with van der Waals surface area (Å²) in [5.41, 5.74) is 7.07. The highest BCUT2D eigenvalue weighted by Crippen LogP contribution is 2.18. The van der Waals surface area contributed by atoms with Crippen molar-refractivity contribution in [1.82, 2.24) is 5.32 Å². The first-order valence-electron chi connectivity index (χ1n) is 7.53. The Labute approximate surface area is 125 Å². The van der Waals surface area contributed by atoms with E-state index in [1.54, 1.807) is 0 Å². The minimum absolute atomic E-state index is 0.0872. The molecule has 0 spiro atoms. The molecule has 116 valence electrons. The Bertz CT molecular complexity index is 441. The molecule has 2 rings (SSSR count). The van der Waals surface area contributed by atoms with Gasteiger partial charge in [0.15, 0.2) is 0 Å². The van der Waals surface area contributed by atoms with Crippen molar-refractivity contribution in [2.75, 3.05) is 19.8 Å². The summed E-state index contributed by atoms with van der Waals surface area (Å²) in [6, 6.07) is 7.26. The normalized spacial score (nSPS) is 17.2. The minimum atomic E-state index is -0.448. The van der Waals surface area contributed by atoms with Crippen molar-refractivity contribution in [3.63, 3.8) is 0 Å². The number of carbonyl (C=O) groups is 1. The maximum Gasteiger partial charge on any atom is 0.237 e. The Kier molecular flexibility index (Phi) is 6.02. The largest absolute Gasteiger partial charge is 0.494 e. The fraction of sp³-hybridized carbons (Fsp3) is 0.562. The molecule has 1 aliphatic rings. The van der Waals surface area contributed by atoms with E-state index in [2.05, 4.69) is 5.32 Å². The quantitative estimate of drug-likeness (QED) is 0.832. The van der Waals surface area contributed by atoms with Crippen molar-refractivity contribution in [2.45, 2.75) is 32.4 Å². The molecule has 0 bridgehead atoms. The van der Waals surface area contributed by atoms with Crippen molar-refractivity contribution in [3.05, 3.63) is 29.8 Å². The molecule has 21 heavy (non-hydrogen) atoms. The van der Waals surface area contributed by atoms with Crippen LogP contribution in [0.1, 0.15) is 25.3 Å². The van der Waals surface area contributed by atoms with Crippen LogP contribution in [-0.2, 0) is 16.1 Å². The Balaban J connectivity index is 1.79. The van der Waals surface area contributed by atoms with Crippen LogP contribution in [0.2, 0.25) is 0 Å². The molecule has 5 heteroatoms. The molecule has 5 nitrogen and oxygen atoms in total. The van der Waals surface area contributed by atoms with Crippen LogP contribution < -0.4 is 15.8 Å². The molecule has 1 aromatic rings. The molecule has 1 saturated heterocycles. The summed E-state index contributed by atoms with van der Waals surface area (Å²) in [6.45, 7) is 4.49. The molecule has 1 unspecified atom stereocenters. The molecular weight excluding hydrogens is 268 g/mol. The molecular formula is C16H24N2O3. The van der Waals surface area contributed by atoms with Gasteiger partial charge in [0, 0.05) is 19.8 Å². The second-order valence-electron chi connectivity index (χ2n) is 5.27. The molecule has 0 radical (unpaired) electrons. The highest BCUT2D eigenvalue weighted by molar-refractivity contribution is 5.81. The van der Waals surface area contributed by atoms with E-state index in [1.807, 2.05) is 31.2 Å². The van der Waals surface area contributed by atoms with Gasteiger partial charge in [0.1, 0.15) is 5.75 Å². The summed E-state index contributed by atoms with van der Waals surface area (Å²) >= 11 is 0. The van der Waals surface area contributed by atoms with Gasteiger partial charge in [0.25, 0.3) is 0 Å². The number of ether oxygens (including phenoxy) is 2. The topological polar surface area (TPSA) is 73.6 Å². The van der Waals surface area contributed by atoms with E-state index in [4.69, 9.17) is 15.2 Å². The lowest BCUT2D eigenvalue weighted by atomic mass is 9.92. The molecule has 0 aliphatic carbocycles. The predicted octanol–water partition coefficient (Wildman–Crippen LogP) is 1.46. The molecule has 3 N–H and O–H groups in total. The van der Waals surface area contributed by atoms with Gasteiger partial charge in [-0.2, -0.15) is 0 Å². The van der Waals surface area contributed by atoms with E-state index >= 15 is 0 Å². The molecule has 1 fully saturated rings. The smallest absolute Gasteiger partial charge is 0.237 e. The fourth-order valence-electron chi connectivity index (χ4n) is 2.47. The number of benzene rings is 1. The zero-order valence-corrected chi connectivity index (χ0v) is 12.5.